The van der Waals surface area contributed by atoms with Crippen molar-refractivity contribution in [2.24, 2.45) is 0 Å². The second kappa shape index (κ2) is 5.01. The molecule has 1 aliphatic rings. The van der Waals surface area contributed by atoms with E-state index in [0.29, 0.717) is 6.04 Å². The van der Waals surface area contributed by atoms with Crippen LogP contribution in [0.3, 0.4) is 0 Å². The van der Waals surface area contributed by atoms with Crippen molar-refractivity contribution >= 4 is 10.9 Å². The van der Waals surface area contributed by atoms with Crippen molar-refractivity contribution in [3.63, 3.8) is 0 Å². The van der Waals surface area contributed by atoms with E-state index < -0.39 is 0 Å². The van der Waals surface area contributed by atoms with Gasteiger partial charge in [-0.3, -0.25) is 9.88 Å². The second-order valence-corrected chi connectivity index (χ2v) is 5.77. The van der Waals surface area contributed by atoms with Crippen LogP contribution in [-0.4, -0.2) is 21.0 Å². The summed E-state index contributed by atoms with van der Waals surface area (Å²) in [6.45, 7) is 5.42. The van der Waals surface area contributed by atoms with E-state index in [0.717, 1.165) is 25.2 Å². The molecule has 0 aliphatic carbocycles. The topological polar surface area (TPSA) is 21.1 Å². The number of para-hydroxylation sites is 1. The second-order valence-electron chi connectivity index (χ2n) is 5.77. The lowest BCUT2D eigenvalue weighted by atomic mass is 10.1. The third-order valence-corrected chi connectivity index (χ3v) is 4.56. The van der Waals surface area contributed by atoms with E-state index in [1.165, 1.54) is 16.6 Å². The molecule has 3 aromatic rings. The number of fused-ring (bicyclic) bond motifs is 2. The summed E-state index contributed by atoms with van der Waals surface area (Å²) < 4.78 is 2.36. The molecule has 1 atom stereocenters. The zero-order valence-corrected chi connectivity index (χ0v) is 12.2. The van der Waals surface area contributed by atoms with Gasteiger partial charge in [-0.1, -0.05) is 24.3 Å². The van der Waals surface area contributed by atoms with E-state index in [1.54, 1.807) is 0 Å². The first-order valence-electron chi connectivity index (χ1n) is 7.54. The van der Waals surface area contributed by atoms with Crippen LogP contribution in [0, 0.1) is 0 Å². The summed E-state index contributed by atoms with van der Waals surface area (Å²) in [5.41, 5.74) is 3.86. The van der Waals surface area contributed by atoms with Crippen molar-refractivity contribution in [3.05, 3.63) is 66.1 Å². The molecule has 0 spiro atoms. The summed E-state index contributed by atoms with van der Waals surface area (Å²) in [5, 5.41) is 1.23. The van der Waals surface area contributed by atoms with E-state index in [4.69, 9.17) is 0 Å². The minimum Gasteiger partial charge on any atom is -0.349 e. The highest BCUT2D eigenvalue weighted by Crippen LogP contribution is 2.28. The van der Waals surface area contributed by atoms with E-state index in [9.17, 15) is 0 Å². The van der Waals surface area contributed by atoms with E-state index in [-0.39, 0.29) is 0 Å². The van der Waals surface area contributed by atoms with Gasteiger partial charge < -0.3 is 4.57 Å². The molecule has 0 fully saturated rings. The molecule has 3 heteroatoms. The molecular weight excluding hydrogens is 258 g/mol. The highest BCUT2D eigenvalue weighted by molar-refractivity contribution is 5.81. The fraction of sp³-hybridized carbons (Fsp3) is 0.278. The fourth-order valence-electron chi connectivity index (χ4n) is 3.36. The first kappa shape index (κ1) is 12.6. The zero-order chi connectivity index (χ0) is 14.2. The molecule has 1 unspecified atom stereocenters. The monoisotopic (exact) mass is 277 g/mol. The smallest absolute Gasteiger partial charge is 0.0746 e. The molecule has 0 radical (unpaired) electrons. The molecule has 2 aromatic heterocycles. The number of hydrogen-bond donors (Lipinski definition) is 0. The quantitative estimate of drug-likeness (QED) is 0.713. The molecule has 1 aliphatic heterocycles. The van der Waals surface area contributed by atoms with E-state index in [2.05, 4.69) is 64.0 Å². The number of aromatic nitrogens is 2. The number of benzene rings is 1. The number of nitrogens with zero attached hydrogens (tertiary/aromatic N) is 3. The predicted octanol–water partition coefficient (Wildman–Crippen LogP) is 3.61. The summed E-state index contributed by atoms with van der Waals surface area (Å²) in [6.07, 6.45) is 4.07. The van der Waals surface area contributed by atoms with Crippen molar-refractivity contribution < 1.29 is 0 Å². The van der Waals surface area contributed by atoms with Gasteiger partial charge in [-0.05, 0) is 30.7 Å². The van der Waals surface area contributed by atoms with Gasteiger partial charge in [-0.2, -0.15) is 0 Å². The van der Waals surface area contributed by atoms with Crippen LogP contribution in [0.5, 0.6) is 0 Å². The van der Waals surface area contributed by atoms with Crippen LogP contribution in [0.1, 0.15) is 24.2 Å². The van der Waals surface area contributed by atoms with Crippen LogP contribution in [0.25, 0.3) is 10.9 Å². The maximum absolute atomic E-state index is 4.57. The normalized spacial score (nSPS) is 18.8. The van der Waals surface area contributed by atoms with Crippen molar-refractivity contribution in [2.75, 3.05) is 6.54 Å². The predicted molar refractivity (Wildman–Crippen MR) is 85.0 cm³/mol. The third kappa shape index (κ3) is 2.14. The zero-order valence-electron chi connectivity index (χ0n) is 12.2. The maximum atomic E-state index is 4.57. The van der Waals surface area contributed by atoms with Crippen LogP contribution in [0.2, 0.25) is 0 Å². The lowest BCUT2D eigenvalue weighted by Gasteiger charge is -2.35. The van der Waals surface area contributed by atoms with Gasteiger partial charge in [-0.15, -0.1) is 0 Å². The van der Waals surface area contributed by atoms with Gasteiger partial charge in [0, 0.05) is 49.1 Å². The number of hydrogen-bond acceptors (Lipinski definition) is 2. The largest absolute Gasteiger partial charge is 0.349 e. The molecule has 1 aromatic carbocycles. The Hall–Kier alpha value is -2.13. The van der Waals surface area contributed by atoms with Crippen LogP contribution in [-0.2, 0) is 13.1 Å². The molecule has 3 heterocycles. The molecule has 0 saturated carbocycles. The SMILES string of the molecule is CC1c2cccn2CCN1Cc1cccc2cccnc12. The van der Waals surface area contributed by atoms with E-state index >= 15 is 0 Å². The molecule has 21 heavy (non-hydrogen) atoms. The fourth-order valence-corrected chi connectivity index (χ4v) is 3.36. The summed E-state index contributed by atoms with van der Waals surface area (Å²) in [4.78, 5) is 7.11. The standard InChI is InChI=1S/C18H19N3/c1-14-17-8-4-10-20(17)11-12-21(14)13-16-6-2-5-15-7-3-9-19-18(15)16/h2-10,14H,11-13H2,1H3. The maximum Gasteiger partial charge on any atom is 0.0746 e. The Morgan fingerprint density at radius 1 is 1.10 bits per heavy atom. The average Bonchev–Trinajstić information content (AvgIpc) is 3.00. The van der Waals surface area contributed by atoms with Gasteiger partial charge in [0.05, 0.1) is 5.52 Å². The minimum atomic E-state index is 0.452. The molecule has 0 saturated heterocycles. The Kier molecular flexibility index (Phi) is 3.00. The Morgan fingerprint density at radius 3 is 2.95 bits per heavy atom. The lowest BCUT2D eigenvalue weighted by molar-refractivity contribution is 0.161. The summed E-state index contributed by atoms with van der Waals surface area (Å²) in [6, 6.07) is 15.4. The van der Waals surface area contributed by atoms with Crippen molar-refractivity contribution in [1.82, 2.24) is 14.5 Å². The van der Waals surface area contributed by atoms with Gasteiger partial charge in [0.1, 0.15) is 0 Å². The van der Waals surface area contributed by atoms with Crippen LogP contribution in [0.4, 0.5) is 0 Å². The summed E-state index contributed by atoms with van der Waals surface area (Å²) in [7, 11) is 0. The Balaban J connectivity index is 1.67. The molecular formula is C18H19N3. The van der Waals surface area contributed by atoms with Crippen molar-refractivity contribution in [2.45, 2.75) is 26.1 Å². The van der Waals surface area contributed by atoms with Gasteiger partial charge in [-0.25, -0.2) is 0 Å². The molecule has 3 nitrogen and oxygen atoms in total. The Morgan fingerprint density at radius 2 is 2.00 bits per heavy atom. The first-order chi connectivity index (χ1) is 10.3. The van der Waals surface area contributed by atoms with Gasteiger partial charge in [0.15, 0.2) is 0 Å². The number of pyridine rings is 1. The molecule has 0 amide bonds. The first-order valence-corrected chi connectivity index (χ1v) is 7.54. The van der Waals surface area contributed by atoms with E-state index in [1.807, 2.05) is 12.3 Å². The highest BCUT2D eigenvalue weighted by Gasteiger charge is 2.23. The molecule has 0 N–H and O–H groups in total. The van der Waals surface area contributed by atoms with Crippen molar-refractivity contribution in [1.29, 1.82) is 0 Å². The molecule has 106 valence electrons. The number of rotatable bonds is 2. The van der Waals surface area contributed by atoms with Crippen molar-refractivity contribution in [3.8, 4) is 0 Å². The highest BCUT2D eigenvalue weighted by atomic mass is 15.2. The third-order valence-electron chi connectivity index (χ3n) is 4.56. The van der Waals surface area contributed by atoms with Crippen LogP contribution in [0.15, 0.2) is 54.9 Å². The van der Waals surface area contributed by atoms with Gasteiger partial charge in [0.25, 0.3) is 0 Å². The summed E-state index contributed by atoms with van der Waals surface area (Å²) in [5.74, 6) is 0. The van der Waals surface area contributed by atoms with Gasteiger partial charge >= 0.3 is 0 Å². The lowest BCUT2D eigenvalue weighted by Crippen LogP contribution is -2.35. The summed E-state index contributed by atoms with van der Waals surface area (Å²) >= 11 is 0. The van der Waals surface area contributed by atoms with Crippen LogP contribution >= 0.6 is 0 Å². The Labute approximate surface area is 124 Å². The average molecular weight is 277 g/mol. The van der Waals surface area contributed by atoms with Crippen LogP contribution < -0.4 is 0 Å². The van der Waals surface area contributed by atoms with Gasteiger partial charge in [0.2, 0.25) is 0 Å². The molecule has 4 rings (SSSR count). The minimum absolute atomic E-state index is 0.452. The Bertz CT molecular complexity index is 769. The molecule has 0 bridgehead atoms.